The molecule has 0 aliphatic rings. The van der Waals surface area contributed by atoms with Crippen LogP contribution in [0.1, 0.15) is 23.2 Å². The Morgan fingerprint density at radius 3 is 2.53 bits per heavy atom. The van der Waals surface area contributed by atoms with E-state index in [9.17, 15) is 4.79 Å². The first-order chi connectivity index (χ1) is 15.7. The number of carboxylic acid groups (broad SMARTS) is 1. The van der Waals surface area contributed by atoms with Crippen molar-refractivity contribution < 1.29 is 19.5 Å². The Morgan fingerprint density at radius 2 is 1.78 bits per heavy atom. The molecule has 162 valence electrons. The van der Waals surface area contributed by atoms with Crippen molar-refractivity contribution in [2.75, 3.05) is 0 Å². The monoisotopic (exact) mass is 429 g/mol. The minimum atomic E-state index is -0.903. The fourth-order valence-electron chi connectivity index (χ4n) is 3.12. The highest BCUT2D eigenvalue weighted by molar-refractivity contribution is 5.73. The van der Waals surface area contributed by atoms with Crippen LogP contribution in [0.2, 0.25) is 0 Å². The number of imidazole rings is 1. The standard InChI is InChI=1S/C25H23N3O4/c29-25(30)14-13-23(20-6-2-1-3-7-20)27-32-17-19-9-11-22(12-10-19)31-18-21-16-28-15-5-4-8-24(28)26-21/h1-13,15-16,27H,14,17-18H2,(H,29,30). The quantitative estimate of drug-likeness (QED) is 0.362. The zero-order valence-corrected chi connectivity index (χ0v) is 17.3. The fourth-order valence-corrected chi connectivity index (χ4v) is 3.12. The Labute approximate surface area is 185 Å². The van der Waals surface area contributed by atoms with Gasteiger partial charge in [-0.05, 0) is 41.5 Å². The maximum atomic E-state index is 10.9. The lowest BCUT2D eigenvalue weighted by Gasteiger charge is -2.12. The van der Waals surface area contributed by atoms with Crippen molar-refractivity contribution in [2.24, 2.45) is 0 Å². The molecular weight excluding hydrogens is 406 g/mol. The van der Waals surface area contributed by atoms with Gasteiger partial charge in [-0.1, -0.05) is 48.5 Å². The molecule has 4 aromatic rings. The minimum Gasteiger partial charge on any atom is -0.487 e. The van der Waals surface area contributed by atoms with Gasteiger partial charge < -0.3 is 14.2 Å². The summed E-state index contributed by atoms with van der Waals surface area (Å²) in [7, 11) is 0. The van der Waals surface area contributed by atoms with E-state index >= 15 is 0 Å². The maximum Gasteiger partial charge on any atom is 0.307 e. The van der Waals surface area contributed by atoms with Crippen LogP contribution in [0.25, 0.3) is 11.3 Å². The van der Waals surface area contributed by atoms with Gasteiger partial charge in [0, 0.05) is 12.4 Å². The van der Waals surface area contributed by atoms with Gasteiger partial charge in [0.1, 0.15) is 18.0 Å². The first kappa shape index (κ1) is 21.1. The van der Waals surface area contributed by atoms with Gasteiger partial charge in [-0.15, -0.1) is 0 Å². The number of carboxylic acids is 1. The molecule has 0 saturated carbocycles. The van der Waals surface area contributed by atoms with E-state index in [0.717, 1.165) is 28.2 Å². The molecule has 4 rings (SSSR count). The number of fused-ring (bicyclic) bond motifs is 1. The van der Waals surface area contributed by atoms with Gasteiger partial charge in [-0.25, -0.2) is 4.98 Å². The number of hydroxylamine groups is 1. The Bertz CT molecular complexity index is 1170. The first-order valence-corrected chi connectivity index (χ1v) is 10.2. The van der Waals surface area contributed by atoms with E-state index in [4.69, 9.17) is 14.7 Å². The van der Waals surface area contributed by atoms with E-state index < -0.39 is 5.97 Å². The van der Waals surface area contributed by atoms with E-state index in [1.807, 2.05) is 89.6 Å². The summed E-state index contributed by atoms with van der Waals surface area (Å²) in [4.78, 5) is 21.0. The molecule has 0 aliphatic carbocycles. The number of aliphatic carboxylic acids is 1. The number of ether oxygens (including phenoxy) is 1. The van der Waals surface area contributed by atoms with Crippen LogP contribution in [0.15, 0.2) is 91.3 Å². The maximum absolute atomic E-state index is 10.9. The van der Waals surface area contributed by atoms with Crippen LogP contribution in [0.4, 0.5) is 0 Å². The summed E-state index contributed by atoms with van der Waals surface area (Å²) in [6.45, 7) is 0.692. The van der Waals surface area contributed by atoms with Crippen LogP contribution in [0.5, 0.6) is 5.75 Å². The number of aromatic nitrogens is 2. The van der Waals surface area contributed by atoms with Crippen molar-refractivity contribution in [2.45, 2.75) is 19.6 Å². The lowest BCUT2D eigenvalue weighted by Crippen LogP contribution is -2.13. The predicted octanol–water partition coefficient (Wildman–Crippen LogP) is 4.45. The molecule has 0 amide bonds. The summed E-state index contributed by atoms with van der Waals surface area (Å²) in [6.07, 6.45) is 5.40. The van der Waals surface area contributed by atoms with E-state index in [1.54, 1.807) is 6.08 Å². The van der Waals surface area contributed by atoms with Gasteiger partial charge in [-0.3, -0.25) is 15.1 Å². The lowest BCUT2D eigenvalue weighted by molar-refractivity contribution is -0.136. The van der Waals surface area contributed by atoms with Crippen molar-refractivity contribution in [3.63, 3.8) is 0 Å². The Kier molecular flexibility index (Phi) is 6.79. The molecule has 0 fully saturated rings. The molecule has 0 bridgehead atoms. The highest BCUT2D eigenvalue weighted by Crippen LogP contribution is 2.16. The summed E-state index contributed by atoms with van der Waals surface area (Å²) in [5, 5.41) is 8.96. The Balaban J connectivity index is 1.30. The molecule has 2 heterocycles. The zero-order chi connectivity index (χ0) is 22.2. The minimum absolute atomic E-state index is 0.0983. The number of hydrogen-bond acceptors (Lipinski definition) is 5. The molecule has 0 radical (unpaired) electrons. The van der Waals surface area contributed by atoms with Crippen LogP contribution in [-0.2, 0) is 22.8 Å². The molecule has 2 aromatic carbocycles. The number of carbonyl (C=O) groups is 1. The second-order valence-electron chi connectivity index (χ2n) is 7.10. The van der Waals surface area contributed by atoms with Crippen molar-refractivity contribution in [3.05, 3.63) is 108 Å². The van der Waals surface area contributed by atoms with Gasteiger partial charge in [0.05, 0.1) is 24.4 Å². The summed E-state index contributed by atoms with van der Waals surface area (Å²) >= 11 is 0. The topological polar surface area (TPSA) is 85.1 Å². The average Bonchev–Trinajstić information content (AvgIpc) is 3.24. The average molecular weight is 429 g/mol. The number of nitrogens with one attached hydrogen (secondary N) is 1. The van der Waals surface area contributed by atoms with Crippen molar-refractivity contribution in [1.82, 2.24) is 14.9 Å². The lowest BCUT2D eigenvalue weighted by atomic mass is 10.1. The molecule has 32 heavy (non-hydrogen) atoms. The largest absolute Gasteiger partial charge is 0.487 e. The Morgan fingerprint density at radius 1 is 1.00 bits per heavy atom. The van der Waals surface area contributed by atoms with Gasteiger partial charge in [0.15, 0.2) is 0 Å². The molecule has 0 unspecified atom stereocenters. The summed E-state index contributed by atoms with van der Waals surface area (Å²) in [6, 6.07) is 22.9. The van der Waals surface area contributed by atoms with E-state index in [1.165, 1.54) is 0 Å². The van der Waals surface area contributed by atoms with E-state index in [-0.39, 0.29) is 6.42 Å². The van der Waals surface area contributed by atoms with Gasteiger partial charge >= 0.3 is 5.97 Å². The number of pyridine rings is 1. The van der Waals surface area contributed by atoms with Crippen molar-refractivity contribution in [1.29, 1.82) is 0 Å². The van der Waals surface area contributed by atoms with Crippen LogP contribution in [0, 0.1) is 0 Å². The molecular formula is C25H23N3O4. The molecule has 2 N–H and O–H groups in total. The highest BCUT2D eigenvalue weighted by Gasteiger charge is 2.05. The third kappa shape index (κ3) is 5.74. The molecule has 2 aromatic heterocycles. The van der Waals surface area contributed by atoms with Crippen LogP contribution in [0.3, 0.4) is 0 Å². The van der Waals surface area contributed by atoms with Crippen LogP contribution >= 0.6 is 0 Å². The molecule has 7 heteroatoms. The second-order valence-corrected chi connectivity index (χ2v) is 7.10. The fraction of sp³-hybridized carbons (Fsp3) is 0.120. The molecule has 0 atom stereocenters. The molecule has 7 nitrogen and oxygen atoms in total. The smallest absolute Gasteiger partial charge is 0.307 e. The molecule has 0 aliphatic heterocycles. The van der Waals surface area contributed by atoms with Crippen LogP contribution in [-0.4, -0.2) is 20.5 Å². The summed E-state index contributed by atoms with van der Waals surface area (Å²) < 4.78 is 7.79. The predicted molar refractivity (Wildman–Crippen MR) is 121 cm³/mol. The van der Waals surface area contributed by atoms with Crippen molar-refractivity contribution in [3.8, 4) is 5.75 Å². The SMILES string of the molecule is O=C(O)CC=C(NOCc1ccc(OCc2cn3ccccc3n2)cc1)c1ccccc1. The Hall–Kier alpha value is -4.10. The number of rotatable bonds is 10. The number of nitrogens with zero attached hydrogens (tertiary/aromatic N) is 2. The first-order valence-electron chi connectivity index (χ1n) is 10.2. The summed E-state index contributed by atoms with van der Waals surface area (Å²) in [5.74, 6) is -0.162. The number of hydrogen-bond donors (Lipinski definition) is 2. The van der Waals surface area contributed by atoms with Crippen LogP contribution < -0.4 is 10.2 Å². The van der Waals surface area contributed by atoms with E-state index in [2.05, 4.69) is 10.5 Å². The van der Waals surface area contributed by atoms with E-state index in [0.29, 0.717) is 18.9 Å². The second kappa shape index (κ2) is 10.3. The summed E-state index contributed by atoms with van der Waals surface area (Å²) in [5.41, 5.74) is 7.02. The molecule has 0 spiro atoms. The number of benzene rings is 2. The highest BCUT2D eigenvalue weighted by atomic mass is 16.6. The zero-order valence-electron chi connectivity index (χ0n) is 17.3. The van der Waals surface area contributed by atoms with Gasteiger partial charge in [-0.2, -0.15) is 0 Å². The van der Waals surface area contributed by atoms with Crippen molar-refractivity contribution >= 4 is 17.3 Å². The third-order valence-corrected chi connectivity index (χ3v) is 4.71. The normalized spacial score (nSPS) is 11.4. The third-order valence-electron chi connectivity index (χ3n) is 4.71. The van der Waals surface area contributed by atoms with Gasteiger partial charge in [0.2, 0.25) is 0 Å². The molecule has 0 saturated heterocycles. The van der Waals surface area contributed by atoms with Gasteiger partial charge in [0.25, 0.3) is 0 Å².